The molecule has 2 N–H and O–H groups in total. The van der Waals surface area contributed by atoms with Gasteiger partial charge in [0.15, 0.2) is 5.04 Å². The molecule has 1 amide bonds. The summed E-state index contributed by atoms with van der Waals surface area (Å²) in [4.78, 5) is 12.8. The zero-order valence-electron chi connectivity index (χ0n) is 15.7. The average molecular weight is 421 g/mol. The number of rotatable bonds is 4. The molecule has 0 radical (unpaired) electrons. The fourth-order valence-corrected chi connectivity index (χ4v) is 4.20. The maximum Gasteiger partial charge on any atom is 0.416 e. The van der Waals surface area contributed by atoms with Crippen molar-refractivity contribution in [3.05, 3.63) is 60.2 Å². The van der Waals surface area contributed by atoms with Crippen molar-refractivity contribution in [2.24, 2.45) is 5.10 Å². The average Bonchev–Trinajstić information content (AvgIpc) is 2.72. The van der Waals surface area contributed by atoms with Gasteiger partial charge < -0.3 is 5.32 Å². The SMILES string of the molecule is O=C(Nc1cccc(C(F)(F)F)c1)/C(=N\Nc1ccccc1)SC1CCCCC1. The highest BCUT2D eigenvalue weighted by molar-refractivity contribution is 8.16. The van der Waals surface area contributed by atoms with E-state index in [4.69, 9.17) is 0 Å². The normalized spacial score (nSPS) is 15.8. The third-order valence-corrected chi connectivity index (χ3v) is 5.84. The Bertz CT molecular complexity index is 850. The van der Waals surface area contributed by atoms with Gasteiger partial charge in [0.1, 0.15) is 0 Å². The Hall–Kier alpha value is -2.48. The summed E-state index contributed by atoms with van der Waals surface area (Å²) in [5.74, 6) is -0.525. The van der Waals surface area contributed by atoms with Crippen LogP contribution >= 0.6 is 11.8 Å². The summed E-state index contributed by atoms with van der Waals surface area (Å²) in [5, 5.41) is 7.28. The van der Waals surface area contributed by atoms with Gasteiger partial charge in [-0.25, -0.2) is 0 Å². The number of benzene rings is 2. The van der Waals surface area contributed by atoms with Crippen molar-refractivity contribution in [1.29, 1.82) is 0 Å². The molecule has 3 rings (SSSR count). The van der Waals surface area contributed by atoms with Crippen LogP contribution in [0.3, 0.4) is 0 Å². The predicted octanol–water partition coefficient (Wildman–Crippen LogP) is 6.14. The van der Waals surface area contributed by atoms with Gasteiger partial charge in [0.05, 0.1) is 11.3 Å². The van der Waals surface area contributed by atoms with Crippen LogP contribution < -0.4 is 10.7 Å². The molecule has 2 aromatic rings. The molecule has 29 heavy (non-hydrogen) atoms. The number of thioether (sulfide) groups is 1. The lowest BCUT2D eigenvalue weighted by atomic mass is 10.0. The Morgan fingerprint density at radius 3 is 2.34 bits per heavy atom. The van der Waals surface area contributed by atoms with Crippen molar-refractivity contribution >= 4 is 34.1 Å². The monoisotopic (exact) mass is 421 g/mol. The number of alkyl halides is 3. The number of carbonyl (C=O) groups is 1. The molecule has 4 nitrogen and oxygen atoms in total. The number of nitrogens with zero attached hydrogens (tertiary/aromatic N) is 1. The van der Waals surface area contributed by atoms with E-state index in [1.165, 1.54) is 30.3 Å². The summed E-state index contributed by atoms with van der Waals surface area (Å²) in [6.07, 6.45) is 0.905. The lowest BCUT2D eigenvalue weighted by Crippen LogP contribution is -2.24. The number of hydrogen-bond donors (Lipinski definition) is 2. The second-order valence-corrected chi connectivity index (χ2v) is 8.09. The van der Waals surface area contributed by atoms with Crippen LogP contribution in [-0.2, 0) is 11.0 Å². The van der Waals surface area contributed by atoms with E-state index in [0.717, 1.165) is 43.5 Å². The standard InChI is InChI=1S/C21H22F3N3OS/c22-21(23,24)15-8-7-11-17(14-15)25-19(28)20(29-18-12-5-2-6-13-18)27-26-16-9-3-1-4-10-16/h1,3-4,7-11,14,18,26H,2,5-6,12-13H2,(H,25,28)/b27-20+. The van der Waals surface area contributed by atoms with Gasteiger partial charge in [-0.05, 0) is 43.2 Å². The molecule has 0 saturated heterocycles. The molecule has 8 heteroatoms. The number of hydrogen-bond acceptors (Lipinski definition) is 4. The number of carbonyl (C=O) groups excluding carboxylic acids is 1. The van der Waals surface area contributed by atoms with Gasteiger partial charge >= 0.3 is 6.18 Å². The molecule has 2 aromatic carbocycles. The van der Waals surface area contributed by atoms with Gasteiger partial charge in [0.25, 0.3) is 5.91 Å². The van der Waals surface area contributed by atoms with E-state index in [1.807, 2.05) is 30.3 Å². The molecule has 1 fully saturated rings. The zero-order chi connectivity index (χ0) is 20.7. The van der Waals surface area contributed by atoms with Crippen LogP contribution in [0.5, 0.6) is 0 Å². The Balaban J connectivity index is 1.76. The molecule has 1 aliphatic carbocycles. The predicted molar refractivity (Wildman–Crippen MR) is 112 cm³/mol. The Labute approximate surface area is 172 Å². The van der Waals surface area contributed by atoms with Crippen LogP contribution in [0, 0.1) is 0 Å². The molecule has 154 valence electrons. The maximum absolute atomic E-state index is 12.9. The minimum Gasteiger partial charge on any atom is -0.320 e. The smallest absolute Gasteiger partial charge is 0.320 e. The highest BCUT2D eigenvalue weighted by Gasteiger charge is 2.30. The first kappa shape index (κ1) is 21.2. The molecule has 0 atom stereocenters. The Morgan fingerprint density at radius 2 is 1.66 bits per heavy atom. The lowest BCUT2D eigenvalue weighted by Gasteiger charge is -2.21. The fraction of sp³-hybridized carbons (Fsp3) is 0.333. The molecule has 0 bridgehead atoms. The second kappa shape index (κ2) is 9.82. The topological polar surface area (TPSA) is 53.5 Å². The number of halogens is 3. The Kier molecular flexibility index (Phi) is 7.19. The molecule has 0 aromatic heterocycles. The van der Waals surface area contributed by atoms with Crippen molar-refractivity contribution < 1.29 is 18.0 Å². The first-order valence-corrected chi connectivity index (χ1v) is 10.3. The van der Waals surface area contributed by atoms with Crippen LogP contribution in [0.25, 0.3) is 0 Å². The van der Waals surface area contributed by atoms with E-state index in [2.05, 4.69) is 15.8 Å². The molecular weight excluding hydrogens is 399 g/mol. The summed E-state index contributed by atoms with van der Waals surface area (Å²) in [6.45, 7) is 0. The Morgan fingerprint density at radius 1 is 0.966 bits per heavy atom. The van der Waals surface area contributed by atoms with E-state index < -0.39 is 17.6 Å². The molecule has 0 unspecified atom stereocenters. The first-order valence-electron chi connectivity index (χ1n) is 9.46. The maximum atomic E-state index is 12.9. The minimum absolute atomic E-state index is 0.0847. The van der Waals surface area contributed by atoms with Gasteiger partial charge in [0.2, 0.25) is 0 Å². The van der Waals surface area contributed by atoms with Gasteiger partial charge in [-0.3, -0.25) is 10.2 Å². The van der Waals surface area contributed by atoms with Crippen molar-refractivity contribution in [3.63, 3.8) is 0 Å². The summed E-state index contributed by atoms with van der Waals surface area (Å²) >= 11 is 1.38. The summed E-state index contributed by atoms with van der Waals surface area (Å²) in [6, 6.07) is 13.8. The highest BCUT2D eigenvalue weighted by atomic mass is 32.2. The second-order valence-electron chi connectivity index (χ2n) is 6.81. The largest absolute Gasteiger partial charge is 0.416 e. The van der Waals surface area contributed by atoms with Crippen molar-refractivity contribution in [1.82, 2.24) is 0 Å². The zero-order valence-corrected chi connectivity index (χ0v) is 16.5. The quantitative estimate of drug-likeness (QED) is 0.354. The van der Waals surface area contributed by atoms with Crippen LogP contribution in [-0.4, -0.2) is 16.2 Å². The minimum atomic E-state index is -4.47. The van der Waals surface area contributed by atoms with Crippen LogP contribution in [0.15, 0.2) is 59.7 Å². The van der Waals surface area contributed by atoms with Crippen molar-refractivity contribution in [2.75, 3.05) is 10.7 Å². The number of amides is 1. The van der Waals surface area contributed by atoms with Crippen molar-refractivity contribution in [3.8, 4) is 0 Å². The third-order valence-electron chi connectivity index (χ3n) is 4.53. The molecule has 1 aliphatic rings. The number of para-hydroxylation sites is 1. The molecule has 1 saturated carbocycles. The summed E-state index contributed by atoms with van der Waals surface area (Å²) in [7, 11) is 0. The van der Waals surface area contributed by atoms with Crippen LogP contribution in [0.2, 0.25) is 0 Å². The molecular formula is C21H22F3N3OS. The first-order chi connectivity index (χ1) is 13.9. The fourth-order valence-electron chi connectivity index (χ4n) is 3.06. The summed E-state index contributed by atoms with van der Waals surface area (Å²) in [5.41, 5.74) is 2.86. The van der Waals surface area contributed by atoms with Gasteiger partial charge in [-0.1, -0.05) is 55.3 Å². The number of hydrazone groups is 1. The molecule has 0 spiro atoms. The van der Waals surface area contributed by atoms with E-state index in [-0.39, 0.29) is 16.0 Å². The molecule has 0 heterocycles. The van der Waals surface area contributed by atoms with E-state index in [9.17, 15) is 18.0 Å². The van der Waals surface area contributed by atoms with Gasteiger partial charge in [-0.2, -0.15) is 18.3 Å². The lowest BCUT2D eigenvalue weighted by molar-refractivity contribution is -0.137. The van der Waals surface area contributed by atoms with Crippen LogP contribution in [0.1, 0.15) is 37.7 Å². The van der Waals surface area contributed by atoms with Gasteiger partial charge in [0, 0.05) is 10.9 Å². The van der Waals surface area contributed by atoms with E-state index >= 15 is 0 Å². The number of anilines is 2. The molecule has 0 aliphatic heterocycles. The number of nitrogens with one attached hydrogen (secondary N) is 2. The highest BCUT2D eigenvalue weighted by Crippen LogP contribution is 2.32. The third kappa shape index (κ3) is 6.52. The van der Waals surface area contributed by atoms with Crippen molar-refractivity contribution in [2.45, 2.75) is 43.5 Å². The van der Waals surface area contributed by atoms with E-state index in [1.54, 1.807) is 0 Å². The summed E-state index contributed by atoms with van der Waals surface area (Å²) < 4.78 is 38.8. The van der Waals surface area contributed by atoms with Gasteiger partial charge in [-0.15, -0.1) is 0 Å². The van der Waals surface area contributed by atoms with E-state index in [0.29, 0.717) is 0 Å². The van der Waals surface area contributed by atoms with Crippen LogP contribution in [0.4, 0.5) is 24.5 Å².